The average molecular weight is 206 g/mol. The van der Waals surface area contributed by atoms with E-state index in [9.17, 15) is 35.1 Å². The third-order valence-corrected chi connectivity index (χ3v) is 1.44. The predicted molar refractivity (Wildman–Crippen MR) is 38.6 cm³/mol. The highest BCUT2D eigenvalue weighted by molar-refractivity contribution is 5.50. The van der Waals surface area contributed by atoms with E-state index in [1.807, 2.05) is 0 Å². The Bertz CT molecular complexity index is 251. The molecule has 0 aliphatic heterocycles. The second-order valence-corrected chi connectivity index (χ2v) is 2.19. The zero-order valence-electron chi connectivity index (χ0n) is 6.61. The molecule has 10 nitrogen and oxygen atoms in total. The lowest BCUT2D eigenvalue weighted by molar-refractivity contribution is -0.970. The Morgan fingerprint density at radius 3 is 1.57 bits per heavy atom. The highest BCUT2D eigenvalue weighted by Gasteiger charge is 2.69. The minimum atomic E-state index is -3.54. The van der Waals surface area contributed by atoms with E-state index in [-0.39, 0.29) is 0 Å². The molecule has 0 fully saturated rings. The molecule has 1 radical (unpaired) electrons. The minimum absolute atomic E-state index is 0.747. The molecule has 0 bridgehead atoms. The van der Waals surface area contributed by atoms with Crippen LogP contribution in [-0.2, 0) is 4.79 Å². The Morgan fingerprint density at radius 2 is 1.36 bits per heavy atom. The Hall–Kier alpha value is -2.13. The molecule has 0 spiro atoms. The van der Waals surface area contributed by atoms with Crippen LogP contribution in [0.3, 0.4) is 0 Å². The topological polar surface area (TPSA) is 146 Å². The Kier molecular flexibility index (Phi) is 3.56. The fraction of sp³-hybridized carbons (Fsp3) is 0.750. The molecule has 0 atom stereocenters. The molecular weight excluding hydrogens is 202 g/mol. The highest BCUT2D eigenvalue weighted by Crippen LogP contribution is 2.18. The van der Waals surface area contributed by atoms with Crippen LogP contribution in [0.1, 0.15) is 12.8 Å². The van der Waals surface area contributed by atoms with Gasteiger partial charge in [0.25, 0.3) is 0 Å². The Morgan fingerprint density at radius 1 is 1.00 bits per heavy atom. The summed E-state index contributed by atoms with van der Waals surface area (Å²) in [5, 5.41) is 30.6. The molecule has 0 saturated heterocycles. The number of hydrogen-bond donors (Lipinski definition) is 0. The maximum Gasteiger partial charge on any atom is 0.700 e. The lowest BCUT2D eigenvalue weighted by atomic mass is 10.2. The van der Waals surface area contributed by atoms with E-state index >= 15 is 0 Å². The average Bonchev–Trinajstić information content (AvgIpc) is 2.03. The van der Waals surface area contributed by atoms with Gasteiger partial charge in [0.2, 0.25) is 0 Å². The monoisotopic (exact) mass is 206 g/mol. The molecule has 14 heavy (non-hydrogen) atoms. The fourth-order valence-corrected chi connectivity index (χ4v) is 0.693. The van der Waals surface area contributed by atoms with Crippen molar-refractivity contribution in [3.05, 3.63) is 30.3 Å². The quantitative estimate of drug-likeness (QED) is 0.318. The SMILES string of the molecule is O=[C]CCC([N+](=O)[O-])([N+](=O)[O-])[N+](=O)[O-]. The van der Waals surface area contributed by atoms with Crippen molar-refractivity contribution in [2.75, 3.05) is 0 Å². The number of rotatable bonds is 6. The summed E-state index contributed by atoms with van der Waals surface area (Å²) < 4.78 is 0. The van der Waals surface area contributed by atoms with E-state index in [2.05, 4.69) is 0 Å². The number of nitro groups is 3. The van der Waals surface area contributed by atoms with Crippen LogP contribution < -0.4 is 0 Å². The van der Waals surface area contributed by atoms with Crippen molar-refractivity contribution in [3.8, 4) is 0 Å². The second kappa shape index (κ2) is 4.20. The van der Waals surface area contributed by atoms with Crippen LogP contribution in [0.25, 0.3) is 0 Å². The van der Waals surface area contributed by atoms with Crippen molar-refractivity contribution in [2.24, 2.45) is 0 Å². The number of carbonyl (C=O) groups excluding carboxylic acids is 1. The van der Waals surface area contributed by atoms with Crippen molar-refractivity contribution < 1.29 is 19.6 Å². The predicted octanol–water partition coefficient (Wildman–Crippen LogP) is -0.640. The van der Waals surface area contributed by atoms with Crippen molar-refractivity contribution in [1.29, 1.82) is 0 Å². The molecule has 0 aliphatic rings. The molecule has 0 aromatic carbocycles. The van der Waals surface area contributed by atoms with Crippen LogP contribution >= 0.6 is 0 Å². The van der Waals surface area contributed by atoms with E-state index in [0.717, 1.165) is 6.29 Å². The molecular formula is C4H4N3O7. The first-order valence-electron chi connectivity index (χ1n) is 3.18. The summed E-state index contributed by atoms with van der Waals surface area (Å²) in [5.41, 5.74) is 0. The molecule has 0 N–H and O–H groups in total. The van der Waals surface area contributed by atoms with Gasteiger partial charge in [-0.15, -0.1) is 0 Å². The van der Waals surface area contributed by atoms with Crippen molar-refractivity contribution in [1.82, 2.24) is 0 Å². The van der Waals surface area contributed by atoms with E-state index in [1.165, 1.54) is 0 Å². The zero-order valence-corrected chi connectivity index (χ0v) is 6.61. The van der Waals surface area contributed by atoms with Crippen molar-refractivity contribution in [2.45, 2.75) is 18.6 Å². The van der Waals surface area contributed by atoms with Crippen LogP contribution in [0.2, 0.25) is 0 Å². The second-order valence-electron chi connectivity index (χ2n) is 2.19. The Labute approximate surface area is 76.0 Å². The van der Waals surface area contributed by atoms with Gasteiger partial charge in [0.15, 0.2) is 27.5 Å². The lowest BCUT2D eigenvalue weighted by Gasteiger charge is -2.06. The summed E-state index contributed by atoms with van der Waals surface area (Å²) in [7, 11) is 0. The molecule has 0 saturated carbocycles. The zero-order chi connectivity index (χ0) is 11.4. The van der Waals surface area contributed by atoms with Gasteiger partial charge in [-0.2, -0.15) is 0 Å². The van der Waals surface area contributed by atoms with E-state index in [0.29, 0.717) is 0 Å². The third kappa shape index (κ3) is 1.78. The summed E-state index contributed by atoms with van der Waals surface area (Å²) in [4.78, 5) is 35.4. The summed E-state index contributed by atoms with van der Waals surface area (Å²) in [6, 6.07) is 0. The summed E-state index contributed by atoms with van der Waals surface area (Å²) >= 11 is 0. The maximum absolute atomic E-state index is 10.2. The van der Waals surface area contributed by atoms with Crippen LogP contribution in [0.15, 0.2) is 0 Å². The Balaban J connectivity index is 5.15. The molecule has 77 valence electrons. The van der Waals surface area contributed by atoms with Gasteiger partial charge in [0.05, 0.1) is 0 Å². The summed E-state index contributed by atoms with van der Waals surface area (Å²) in [6.07, 6.45) is -0.744. The van der Waals surface area contributed by atoms with Gasteiger partial charge in [-0.05, 0) is 0 Å². The van der Waals surface area contributed by atoms with Crippen LogP contribution in [-0.4, -0.2) is 26.8 Å². The van der Waals surface area contributed by atoms with Gasteiger partial charge >= 0.3 is 5.79 Å². The smallest absolute Gasteiger partial charge is 0.291 e. The van der Waals surface area contributed by atoms with Gasteiger partial charge in [-0.3, -0.25) is 35.1 Å². The van der Waals surface area contributed by atoms with E-state index in [4.69, 9.17) is 0 Å². The normalized spacial score (nSPS) is 10.6. The lowest BCUT2D eigenvalue weighted by Crippen LogP contribution is -2.53. The van der Waals surface area contributed by atoms with Gasteiger partial charge in [-0.1, -0.05) is 0 Å². The molecule has 0 aliphatic carbocycles. The molecule has 10 heteroatoms. The minimum Gasteiger partial charge on any atom is -0.291 e. The molecule has 0 aromatic rings. The third-order valence-electron chi connectivity index (χ3n) is 1.44. The first-order chi connectivity index (χ1) is 6.39. The standard InChI is InChI=1S/C4H4N3O7/c8-3-1-2-4(5(9)10,6(11)12)7(13)14/h1-2H2. The van der Waals surface area contributed by atoms with Crippen molar-refractivity contribution >= 4 is 6.29 Å². The van der Waals surface area contributed by atoms with Crippen LogP contribution in [0.5, 0.6) is 0 Å². The van der Waals surface area contributed by atoms with Crippen molar-refractivity contribution in [3.63, 3.8) is 0 Å². The first-order valence-corrected chi connectivity index (χ1v) is 3.18. The van der Waals surface area contributed by atoms with E-state index < -0.39 is 33.4 Å². The fourth-order valence-electron chi connectivity index (χ4n) is 0.693. The molecule has 0 amide bonds. The number of hydrogen-bond acceptors (Lipinski definition) is 7. The largest absolute Gasteiger partial charge is 0.700 e. The van der Waals surface area contributed by atoms with Crippen LogP contribution in [0.4, 0.5) is 0 Å². The molecule has 0 aromatic heterocycles. The first kappa shape index (κ1) is 11.9. The summed E-state index contributed by atoms with van der Waals surface area (Å²) in [6.45, 7) is 0. The van der Waals surface area contributed by atoms with Gasteiger partial charge in [0, 0.05) is 6.42 Å². The van der Waals surface area contributed by atoms with Gasteiger partial charge < -0.3 is 0 Å². The van der Waals surface area contributed by atoms with Gasteiger partial charge in [-0.25, -0.2) is 0 Å². The molecule has 0 unspecified atom stereocenters. The van der Waals surface area contributed by atoms with Crippen LogP contribution in [0, 0.1) is 30.3 Å². The highest BCUT2D eigenvalue weighted by atomic mass is 16.7. The van der Waals surface area contributed by atoms with E-state index in [1.54, 1.807) is 0 Å². The van der Waals surface area contributed by atoms with Gasteiger partial charge in [0.1, 0.15) is 0 Å². The molecule has 0 heterocycles. The maximum atomic E-state index is 10.2. The number of nitrogens with zero attached hydrogens (tertiary/aromatic N) is 3. The molecule has 0 rings (SSSR count). The summed E-state index contributed by atoms with van der Waals surface area (Å²) in [5.74, 6) is -3.54.